The third-order valence-electron chi connectivity index (χ3n) is 6.56. The zero-order valence-corrected chi connectivity index (χ0v) is 22.9. The minimum atomic E-state index is -2.55. The Morgan fingerprint density at radius 1 is 0.658 bits per heavy atom. The third-order valence-corrected chi connectivity index (χ3v) is 6.56. The zero-order chi connectivity index (χ0) is 28.5. The fourth-order valence-corrected chi connectivity index (χ4v) is 4.82. The summed E-state index contributed by atoms with van der Waals surface area (Å²) in [6.45, 7) is 8.57. The Morgan fingerprint density at radius 2 is 1.03 bits per heavy atom. The first-order chi connectivity index (χ1) is 18.1. The first kappa shape index (κ1) is 30.5. The first-order valence-corrected chi connectivity index (χ1v) is 12.7. The Hall–Kier alpha value is -3.75. The molecule has 1 aromatic rings. The van der Waals surface area contributed by atoms with Crippen molar-refractivity contribution in [2.24, 2.45) is 10.8 Å². The summed E-state index contributed by atoms with van der Waals surface area (Å²) in [5.41, 5.74) is -3.22. The molecule has 1 aliphatic carbocycles. The highest BCUT2D eigenvalue weighted by atomic mass is 16.6. The number of rotatable bonds is 11. The summed E-state index contributed by atoms with van der Waals surface area (Å²) in [5, 5.41) is 0. The number of ketones is 1. The van der Waals surface area contributed by atoms with Gasteiger partial charge in [0.2, 0.25) is 0 Å². The molecule has 0 atom stereocenters. The van der Waals surface area contributed by atoms with Crippen molar-refractivity contribution < 1.29 is 42.9 Å². The molecule has 0 saturated carbocycles. The van der Waals surface area contributed by atoms with Crippen LogP contribution in [0.2, 0.25) is 0 Å². The van der Waals surface area contributed by atoms with Gasteiger partial charge in [-0.3, -0.25) is 24.0 Å². The van der Waals surface area contributed by atoms with Crippen molar-refractivity contribution in [3.8, 4) is 0 Å². The maximum atomic E-state index is 13.8. The third kappa shape index (κ3) is 5.56. The Labute approximate surface area is 223 Å². The van der Waals surface area contributed by atoms with Gasteiger partial charge < -0.3 is 18.9 Å². The van der Waals surface area contributed by atoms with Crippen LogP contribution in [0.3, 0.4) is 0 Å². The number of benzene rings is 1. The maximum absolute atomic E-state index is 13.8. The molecule has 0 radical (unpaired) electrons. The smallest absolute Gasteiger partial charge is 0.325 e. The van der Waals surface area contributed by atoms with E-state index in [9.17, 15) is 24.0 Å². The quantitative estimate of drug-likeness (QED) is 0.238. The molecule has 9 heteroatoms. The van der Waals surface area contributed by atoms with E-state index in [1.165, 1.54) is 34.6 Å². The van der Waals surface area contributed by atoms with E-state index in [4.69, 9.17) is 18.9 Å². The highest BCUT2D eigenvalue weighted by molar-refractivity contribution is 6.16. The van der Waals surface area contributed by atoms with Gasteiger partial charge in [-0.2, -0.15) is 0 Å². The number of ether oxygens (including phenoxy) is 4. The van der Waals surface area contributed by atoms with Crippen LogP contribution in [0.1, 0.15) is 59.9 Å². The largest absolute Gasteiger partial charge is 0.465 e. The molecule has 0 saturated heterocycles. The van der Waals surface area contributed by atoms with Crippen molar-refractivity contribution in [3.05, 3.63) is 52.6 Å². The summed E-state index contributed by atoms with van der Waals surface area (Å²) in [6.07, 6.45) is 0.681. The second-order valence-electron chi connectivity index (χ2n) is 8.80. The minimum Gasteiger partial charge on any atom is -0.465 e. The average molecular weight is 529 g/mol. The number of Topliss-reactive ketones (excluding diaryl/α,β-unsaturated/α-hetero) is 1. The lowest BCUT2D eigenvalue weighted by atomic mass is 9.53. The number of carbonyl (C=O) groups excluding carboxylic acids is 5. The van der Waals surface area contributed by atoms with Gasteiger partial charge in [-0.05, 0) is 58.3 Å². The van der Waals surface area contributed by atoms with E-state index in [-0.39, 0.29) is 32.0 Å². The number of hydrogen-bond donors (Lipinski definition) is 0. The molecule has 0 spiro atoms. The highest BCUT2D eigenvalue weighted by Crippen LogP contribution is 2.57. The first-order valence-electron chi connectivity index (χ1n) is 12.7. The second kappa shape index (κ2) is 13.2. The minimum absolute atomic E-state index is 0.111. The normalized spacial score (nSPS) is 16.3. The molecule has 0 fully saturated rings. The number of hydrogen-bond acceptors (Lipinski definition) is 9. The van der Waals surface area contributed by atoms with Crippen molar-refractivity contribution in [1.82, 2.24) is 0 Å². The van der Waals surface area contributed by atoms with Crippen LogP contribution in [-0.2, 0) is 42.9 Å². The van der Waals surface area contributed by atoms with Gasteiger partial charge in [-0.1, -0.05) is 36.4 Å². The molecule has 0 amide bonds. The maximum Gasteiger partial charge on any atom is 0.325 e. The van der Waals surface area contributed by atoms with E-state index in [1.54, 1.807) is 13.0 Å². The lowest BCUT2D eigenvalue weighted by Crippen LogP contribution is -2.64. The lowest BCUT2D eigenvalue weighted by Gasteiger charge is -2.46. The van der Waals surface area contributed by atoms with E-state index in [0.717, 1.165) is 5.56 Å². The number of allylic oxidation sites excluding steroid dienone is 3. The number of esters is 4. The predicted molar refractivity (Wildman–Crippen MR) is 138 cm³/mol. The topological polar surface area (TPSA) is 122 Å². The van der Waals surface area contributed by atoms with Crippen LogP contribution in [0.4, 0.5) is 0 Å². The molecule has 0 heterocycles. The van der Waals surface area contributed by atoms with Gasteiger partial charge >= 0.3 is 23.9 Å². The zero-order valence-electron chi connectivity index (χ0n) is 22.9. The van der Waals surface area contributed by atoms with Gasteiger partial charge in [0.1, 0.15) is 0 Å². The Kier molecular flexibility index (Phi) is 10.6. The van der Waals surface area contributed by atoms with Gasteiger partial charge in [0.05, 0.1) is 26.4 Å². The Bertz CT molecular complexity index is 1090. The van der Waals surface area contributed by atoms with Gasteiger partial charge in [-0.25, -0.2) is 0 Å². The highest BCUT2D eigenvalue weighted by Gasteiger charge is 2.75. The van der Waals surface area contributed by atoms with Crippen LogP contribution in [0.15, 0.2) is 47.1 Å². The van der Waals surface area contributed by atoms with Crippen LogP contribution in [0, 0.1) is 10.8 Å². The molecule has 0 aromatic heterocycles. The molecule has 0 N–H and O–H groups in total. The number of carbonyl (C=O) groups is 5. The van der Waals surface area contributed by atoms with Crippen LogP contribution >= 0.6 is 0 Å². The average Bonchev–Trinajstić information content (AvgIpc) is 2.88. The van der Waals surface area contributed by atoms with Gasteiger partial charge in [0.15, 0.2) is 16.6 Å². The summed E-state index contributed by atoms with van der Waals surface area (Å²) in [5.74, 6) is -5.02. The Morgan fingerprint density at radius 3 is 1.37 bits per heavy atom. The van der Waals surface area contributed by atoms with Gasteiger partial charge in [0.25, 0.3) is 0 Å². The predicted octanol–water partition coefficient (Wildman–Crippen LogP) is 3.99. The van der Waals surface area contributed by atoms with E-state index in [2.05, 4.69) is 0 Å². The van der Waals surface area contributed by atoms with Crippen molar-refractivity contribution >= 4 is 35.7 Å². The lowest BCUT2D eigenvalue weighted by molar-refractivity contribution is -0.204. The van der Waals surface area contributed by atoms with E-state index in [0.29, 0.717) is 11.1 Å². The summed E-state index contributed by atoms with van der Waals surface area (Å²) in [4.78, 5) is 68.0. The van der Waals surface area contributed by atoms with E-state index >= 15 is 0 Å². The summed E-state index contributed by atoms with van der Waals surface area (Å²) >= 11 is 0. The molecule has 38 heavy (non-hydrogen) atoms. The van der Waals surface area contributed by atoms with Crippen molar-refractivity contribution in [1.29, 1.82) is 0 Å². The molecule has 1 aromatic carbocycles. The fraction of sp³-hybridized carbons (Fsp3) is 0.483. The molecule has 1 aliphatic rings. The SMILES string of the molecule is CCOC(=O)C1(C(=O)OCC)CC(C(C)=O)=C(/C(C)=C/c2ccccc2)CC1(C(=O)OCC)C(=O)OCC. The second-order valence-corrected chi connectivity index (χ2v) is 8.80. The van der Waals surface area contributed by atoms with Crippen LogP contribution in [0.25, 0.3) is 6.08 Å². The molecular weight excluding hydrogens is 492 g/mol. The molecule has 0 aliphatic heterocycles. The summed E-state index contributed by atoms with van der Waals surface area (Å²) in [7, 11) is 0. The molecule has 206 valence electrons. The van der Waals surface area contributed by atoms with Crippen molar-refractivity contribution in [2.45, 2.75) is 54.4 Å². The molecule has 0 bridgehead atoms. The summed E-state index contributed by atoms with van der Waals surface area (Å²) in [6, 6.07) is 9.24. The van der Waals surface area contributed by atoms with Crippen molar-refractivity contribution in [2.75, 3.05) is 26.4 Å². The van der Waals surface area contributed by atoms with Gasteiger partial charge in [-0.15, -0.1) is 0 Å². The van der Waals surface area contributed by atoms with Crippen LogP contribution in [0.5, 0.6) is 0 Å². The standard InChI is InChI=1S/C29H36O9/c1-7-35-24(31)28(25(32)36-8-2)17-22(19(5)16-21-14-12-11-13-15-21)23(20(6)30)18-29(28,26(33)37-9-3)27(34)38-10-4/h11-16H,7-10,17-18H2,1-6H3/b19-16+. The van der Waals surface area contributed by atoms with Crippen LogP contribution in [-0.4, -0.2) is 56.1 Å². The fourth-order valence-electron chi connectivity index (χ4n) is 4.82. The molecule has 2 rings (SSSR count). The van der Waals surface area contributed by atoms with E-state index < -0.39 is 53.3 Å². The van der Waals surface area contributed by atoms with E-state index in [1.807, 2.05) is 30.3 Å². The monoisotopic (exact) mass is 528 g/mol. The molecule has 9 nitrogen and oxygen atoms in total. The Balaban J connectivity index is 3.05. The molecule has 0 unspecified atom stereocenters. The summed E-state index contributed by atoms with van der Waals surface area (Å²) < 4.78 is 21.2. The van der Waals surface area contributed by atoms with Gasteiger partial charge in [0, 0.05) is 18.4 Å². The molecular formula is C29H36O9. The van der Waals surface area contributed by atoms with Crippen LogP contribution < -0.4 is 0 Å². The van der Waals surface area contributed by atoms with Crippen molar-refractivity contribution in [3.63, 3.8) is 0 Å².